The first-order valence-electron chi connectivity index (χ1n) is 15.0. The van der Waals surface area contributed by atoms with Crippen LogP contribution in [0.3, 0.4) is 0 Å². The lowest BCUT2D eigenvalue weighted by molar-refractivity contribution is -0.155. The Labute approximate surface area is 253 Å². The van der Waals surface area contributed by atoms with E-state index in [1.54, 1.807) is 34.0 Å². The summed E-state index contributed by atoms with van der Waals surface area (Å²) in [5.41, 5.74) is 1.66. The molecule has 0 aromatic carbocycles. The van der Waals surface area contributed by atoms with E-state index in [4.69, 9.17) is 4.74 Å². The van der Waals surface area contributed by atoms with Gasteiger partial charge in [0.1, 0.15) is 0 Å². The van der Waals surface area contributed by atoms with E-state index < -0.39 is 5.41 Å². The molecule has 2 amide bonds. The number of esters is 1. The van der Waals surface area contributed by atoms with Gasteiger partial charge in [0.05, 0.1) is 12.0 Å². The fourth-order valence-corrected chi connectivity index (χ4v) is 4.40. The molecule has 232 valence electrons. The van der Waals surface area contributed by atoms with Crippen molar-refractivity contribution in [1.82, 2.24) is 39.7 Å². The maximum atomic E-state index is 12.3. The summed E-state index contributed by atoms with van der Waals surface area (Å²) in [4.78, 5) is 40.1. The highest BCUT2D eigenvalue weighted by atomic mass is 16.5. The first kappa shape index (κ1) is 33.0. The van der Waals surface area contributed by atoms with Crippen LogP contribution in [0.25, 0.3) is 22.6 Å². The van der Waals surface area contributed by atoms with Crippen molar-refractivity contribution >= 4 is 29.5 Å². The second-order valence-electron chi connectivity index (χ2n) is 9.99. The van der Waals surface area contributed by atoms with Gasteiger partial charge in [0, 0.05) is 50.0 Å². The molecule has 2 N–H and O–H groups in total. The number of aromatic nitrogens is 7. The summed E-state index contributed by atoms with van der Waals surface area (Å²) in [5, 5.41) is 14.1. The van der Waals surface area contributed by atoms with Gasteiger partial charge in [-0.05, 0) is 57.4 Å². The molecule has 5 heterocycles. The second kappa shape index (κ2) is 15.6. The van der Waals surface area contributed by atoms with Crippen LogP contribution in [-0.2, 0) is 9.53 Å². The van der Waals surface area contributed by atoms with Gasteiger partial charge < -0.3 is 15.0 Å². The molecule has 1 saturated heterocycles. The summed E-state index contributed by atoms with van der Waals surface area (Å²) in [6.07, 6.45) is 9.62. The minimum Gasteiger partial charge on any atom is -0.466 e. The molecular formula is C30H44N10O3. The van der Waals surface area contributed by atoms with E-state index in [2.05, 4.69) is 54.5 Å². The molecule has 4 aromatic rings. The summed E-state index contributed by atoms with van der Waals surface area (Å²) in [6, 6.07) is 5.20. The van der Waals surface area contributed by atoms with Gasteiger partial charge in [0.2, 0.25) is 5.95 Å². The Morgan fingerprint density at radius 2 is 1.70 bits per heavy atom. The molecule has 0 bridgehead atoms. The standard InChI is InChI=1S/C25H30N10O3.C3H8.C2H6/c1-4-26-24(37)31-22-30-19-13-17(14-20(35(19)32-22)34-10-6-9-29-34)18-15-27-23(28-16-18)33-11-7-25(3,8-12-33)21(36)38-5-2;1-3-2;1-2/h6,9-10,13-16H,4-5,7-8,11-12H2,1-3H3,(H2,26,31,32,37);3H2,1-2H3;1-2H3. The van der Waals surface area contributed by atoms with Crippen LogP contribution in [0.15, 0.2) is 43.0 Å². The lowest BCUT2D eigenvalue weighted by Crippen LogP contribution is -2.44. The number of amides is 2. The number of anilines is 2. The van der Waals surface area contributed by atoms with Gasteiger partial charge in [-0.1, -0.05) is 34.1 Å². The Hall–Kier alpha value is -4.55. The summed E-state index contributed by atoms with van der Waals surface area (Å²) in [7, 11) is 0. The zero-order valence-corrected chi connectivity index (χ0v) is 26.3. The van der Waals surface area contributed by atoms with Crippen molar-refractivity contribution in [3.05, 3.63) is 43.0 Å². The number of pyridine rings is 1. The average Bonchev–Trinajstić information content (AvgIpc) is 3.69. The Balaban J connectivity index is 0.000000953. The molecule has 4 aromatic heterocycles. The number of ether oxygens (including phenoxy) is 1. The number of nitrogens with one attached hydrogen (secondary N) is 2. The number of urea groups is 1. The SMILES string of the molecule is CC.CCC.CCNC(=O)Nc1nc2cc(-c3cnc(N4CCC(C)(C(=O)OCC)CC4)nc3)cc(-n3cccn3)n2n1. The van der Waals surface area contributed by atoms with Crippen LogP contribution < -0.4 is 15.5 Å². The average molecular weight is 593 g/mol. The quantitative estimate of drug-likeness (QED) is 0.279. The first-order chi connectivity index (χ1) is 20.8. The fraction of sp³-hybridized carbons (Fsp3) is 0.500. The minimum absolute atomic E-state index is 0.142. The molecular weight excluding hydrogens is 548 g/mol. The molecule has 0 radical (unpaired) electrons. The van der Waals surface area contributed by atoms with Crippen LogP contribution in [0.1, 0.15) is 67.7 Å². The summed E-state index contributed by atoms with van der Waals surface area (Å²) >= 11 is 0. The molecule has 1 fully saturated rings. The molecule has 1 aliphatic rings. The largest absolute Gasteiger partial charge is 0.466 e. The van der Waals surface area contributed by atoms with Crippen molar-refractivity contribution in [1.29, 1.82) is 0 Å². The predicted molar refractivity (Wildman–Crippen MR) is 167 cm³/mol. The summed E-state index contributed by atoms with van der Waals surface area (Å²) < 4.78 is 8.54. The monoisotopic (exact) mass is 592 g/mol. The van der Waals surface area contributed by atoms with Gasteiger partial charge >= 0.3 is 12.0 Å². The molecule has 1 aliphatic heterocycles. The lowest BCUT2D eigenvalue weighted by Gasteiger charge is -2.37. The number of carbonyl (C=O) groups excluding carboxylic acids is 2. The molecule has 5 rings (SSSR count). The van der Waals surface area contributed by atoms with Crippen molar-refractivity contribution in [2.24, 2.45) is 5.41 Å². The number of rotatable bonds is 7. The number of nitrogens with zero attached hydrogens (tertiary/aromatic N) is 8. The van der Waals surface area contributed by atoms with E-state index in [0.29, 0.717) is 56.5 Å². The maximum absolute atomic E-state index is 12.3. The number of piperidine rings is 1. The van der Waals surface area contributed by atoms with Gasteiger partial charge in [0.15, 0.2) is 11.5 Å². The van der Waals surface area contributed by atoms with Crippen molar-refractivity contribution < 1.29 is 14.3 Å². The van der Waals surface area contributed by atoms with Crippen LogP contribution in [-0.4, -0.2) is 72.6 Å². The van der Waals surface area contributed by atoms with Gasteiger partial charge in [0.25, 0.3) is 5.95 Å². The Morgan fingerprint density at radius 1 is 1.02 bits per heavy atom. The predicted octanol–water partition coefficient (Wildman–Crippen LogP) is 5.13. The first-order valence-corrected chi connectivity index (χ1v) is 15.0. The van der Waals surface area contributed by atoms with Crippen molar-refractivity contribution in [3.63, 3.8) is 0 Å². The van der Waals surface area contributed by atoms with E-state index in [9.17, 15) is 9.59 Å². The highest BCUT2D eigenvalue weighted by Gasteiger charge is 2.38. The normalized spacial score (nSPS) is 13.7. The van der Waals surface area contributed by atoms with Gasteiger partial charge in [-0.3, -0.25) is 10.1 Å². The highest BCUT2D eigenvalue weighted by molar-refractivity contribution is 5.87. The number of hydrogen-bond acceptors (Lipinski definition) is 9. The lowest BCUT2D eigenvalue weighted by atomic mass is 9.80. The Bertz CT molecular complexity index is 1440. The van der Waals surface area contributed by atoms with E-state index in [-0.39, 0.29) is 17.9 Å². The summed E-state index contributed by atoms with van der Waals surface area (Å²) in [5.74, 6) is 1.28. The third-order valence-corrected chi connectivity index (χ3v) is 6.61. The number of fused-ring (bicyclic) bond motifs is 1. The molecule has 0 spiro atoms. The van der Waals surface area contributed by atoms with E-state index in [1.165, 1.54) is 6.42 Å². The van der Waals surface area contributed by atoms with Crippen molar-refractivity contribution in [3.8, 4) is 16.9 Å². The van der Waals surface area contributed by atoms with Crippen molar-refractivity contribution in [2.45, 2.75) is 67.7 Å². The molecule has 13 heteroatoms. The zero-order valence-electron chi connectivity index (χ0n) is 26.3. The highest BCUT2D eigenvalue weighted by Crippen LogP contribution is 2.33. The van der Waals surface area contributed by atoms with E-state index in [1.807, 2.05) is 52.8 Å². The molecule has 0 saturated carbocycles. The van der Waals surface area contributed by atoms with Crippen LogP contribution in [0.5, 0.6) is 0 Å². The van der Waals surface area contributed by atoms with Crippen molar-refractivity contribution in [2.75, 3.05) is 36.5 Å². The molecule has 43 heavy (non-hydrogen) atoms. The second-order valence-corrected chi connectivity index (χ2v) is 9.99. The maximum Gasteiger partial charge on any atom is 0.321 e. The zero-order chi connectivity index (χ0) is 31.4. The van der Waals surface area contributed by atoms with E-state index >= 15 is 0 Å². The van der Waals surface area contributed by atoms with Crippen LogP contribution in [0, 0.1) is 5.41 Å². The molecule has 0 unspecified atom stereocenters. The topological polar surface area (TPSA) is 144 Å². The molecule has 13 nitrogen and oxygen atoms in total. The smallest absolute Gasteiger partial charge is 0.321 e. The fourth-order valence-electron chi connectivity index (χ4n) is 4.40. The minimum atomic E-state index is -0.478. The van der Waals surface area contributed by atoms with Gasteiger partial charge in [-0.25, -0.2) is 19.4 Å². The number of carbonyl (C=O) groups is 2. The van der Waals surface area contributed by atoms with Crippen LogP contribution >= 0.6 is 0 Å². The third kappa shape index (κ3) is 8.05. The van der Waals surface area contributed by atoms with Gasteiger partial charge in [-0.2, -0.15) is 14.6 Å². The van der Waals surface area contributed by atoms with Gasteiger partial charge in [-0.15, -0.1) is 5.10 Å². The van der Waals surface area contributed by atoms with Crippen LogP contribution in [0.4, 0.5) is 16.7 Å². The van der Waals surface area contributed by atoms with E-state index in [0.717, 1.165) is 11.1 Å². The van der Waals surface area contributed by atoms with Crippen LogP contribution in [0.2, 0.25) is 0 Å². The Kier molecular flexibility index (Phi) is 12.0. The summed E-state index contributed by atoms with van der Waals surface area (Å²) in [6.45, 7) is 16.1. The Morgan fingerprint density at radius 3 is 2.28 bits per heavy atom. The molecule has 0 atom stereocenters. The molecule has 0 aliphatic carbocycles. The third-order valence-electron chi connectivity index (χ3n) is 6.61. The number of hydrogen-bond donors (Lipinski definition) is 2.